The van der Waals surface area contributed by atoms with Crippen LogP contribution in [0.15, 0.2) is 10.9 Å². The maximum Gasteiger partial charge on any atom is 0.271 e. The Balaban J connectivity index is 2.89. The number of unbranched alkanes of at least 4 members (excludes halogenated alkanes) is 1. The van der Waals surface area contributed by atoms with E-state index in [9.17, 15) is 4.79 Å². The number of aromatic nitrogens is 2. The first-order valence-corrected chi connectivity index (χ1v) is 7.40. The van der Waals surface area contributed by atoms with Gasteiger partial charge in [0.05, 0.1) is 18.8 Å². The average Bonchev–Trinajstić information content (AvgIpc) is 2.43. The lowest BCUT2D eigenvalue weighted by Gasteiger charge is -2.12. The van der Waals surface area contributed by atoms with Gasteiger partial charge < -0.3 is 10.1 Å². The maximum absolute atomic E-state index is 12.3. The van der Waals surface area contributed by atoms with E-state index in [2.05, 4.69) is 31.2 Å². The van der Waals surface area contributed by atoms with Crippen molar-refractivity contribution in [1.82, 2.24) is 15.1 Å². The van der Waals surface area contributed by atoms with Gasteiger partial charge in [-0.15, -0.1) is 0 Å². The summed E-state index contributed by atoms with van der Waals surface area (Å²) in [5.74, 6) is 0.304. The standard InChI is InChI=1S/C15H27N3O2/c1-5-6-7-16-11-13-10-14(12(2)3)17-18(15(13)19)8-9-20-4/h10,12,16H,5-9,11H2,1-4H3. The summed E-state index contributed by atoms with van der Waals surface area (Å²) < 4.78 is 6.56. The molecule has 0 saturated carbocycles. The summed E-state index contributed by atoms with van der Waals surface area (Å²) in [6.07, 6.45) is 2.28. The summed E-state index contributed by atoms with van der Waals surface area (Å²) in [6.45, 7) is 8.86. The smallest absolute Gasteiger partial charge is 0.271 e. The largest absolute Gasteiger partial charge is 0.383 e. The Hall–Kier alpha value is -1.20. The molecule has 5 heteroatoms. The fourth-order valence-corrected chi connectivity index (χ4v) is 1.88. The van der Waals surface area contributed by atoms with Gasteiger partial charge in [-0.25, -0.2) is 4.68 Å². The number of rotatable bonds is 9. The zero-order valence-electron chi connectivity index (χ0n) is 13.1. The van der Waals surface area contributed by atoms with E-state index in [4.69, 9.17) is 4.74 Å². The molecule has 1 aromatic rings. The third-order valence-electron chi connectivity index (χ3n) is 3.19. The van der Waals surface area contributed by atoms with Crippen molar-refractivity contribution >= 4 is 0 Å². The molecule has 0 fully saturated rings. The number of hydrogen-bond acceptors (Lipinski definition) is 4. The molecule has 1 heterocycles. The number of nitrogens with zero attached hydrogens (tertiary/aromatic N) is 2. The zero-order valence-corrected chi connectivity index (χ0v) is 13.1. The molecule has 0 amide bonds. The molecule has 0 bridgehead atoms. The second kappa shape index (κ2) is 8.87. The monoisotopic (exact) mass is 281 g/mol. The van der Waals surface area contributed by atoms with Crippen molar-refractivity contribution in [3.05, 3.63) is 27.7 Å². The SMILES string of the molecule is CCCCNCc1cc(C(C)C)nn(CCOC)c1=O. The van der Waals surface area contributed by atoms with E-state index in [-0.39, 0.29) is 5.56 Å². The summed E-state index contributed by atoms with van der Waals surface area (Å²) in [6, 6.07) is 1.93. The first-order chi connectivity index (χ1) is 9.60. The maximum atomic E-state index is 12.3. The molecule has 1 rings (SSSR count). The lowest BCUT2D eigenvalue weighted by molar-refractivity contribution is 0.181. The van der Waals surface area contributed by atoms with Crippen molar-refractivity contribution in [3.63, 3.8) is 0 Å². The first-order valence-electron chi connectivity index (χ1n) is 7.40. The van der Waals surface area contributed by atoms with Crippen molar-refractivity contribution in [3.8, 4) is 0 Å². The van der Waals surface area contributed by atoms with E-state index in [1.54, 1.807) is 7.11 Å². The fourth-order valence-electron chi connectivity index (χ4n) is 1.88. The van der Waals surface area contributed by atoms with E-state index < -0.39 is 0 Å². The van der Waals surface area contributed by atoms with Crippen molar-refractivity contribution in [2.75, 3.05) is 20.3 Å². The normalized spacial score (nSPS) is 11.2. The number of hydrogen-bond donors (Lipinski definition) is 1. The molecule has 0 saturated heterocycles. The highest BCUT2D eigenvalue weighted by Crippen LogP contribution is 2.10. The minimum Gasteiger partial charge on any atom is -0.383 e. The van der Waals surface area contributed by atoms with E-state index in [1.807, 2.05) is 6.07 Å². The molecular weight excluding hydrogens is 254 g/mol. The molecule has 20 heavy (non-hydrogen) atoms. The molecule has 5 nitrogen and oxygen atoms in total. The van der Waals surface area contributed by atoms with Crippen molar-refractivity contribution in [2.45, 2.75) is 52.6 Å². The van der Waals surface area contributed by atoms with Crippen LogP contribution >= 0.6 is 0 Å². The van der Waals surface area contributed by atoms with E-state index in [0.717, 1.165) is 30.6 Å². The van der Waals surface area contributed by atoms with Crippen molar-refractivity contribution in [1.29, 1.82) is 0 Å². The summed E-state index contributed by atoms with van der Waals surface area (Å²) >= 11 is 0. The lowest BCUT2D eigenvalue weighted by atomic mass is 10.1. The Kier molecular flexibility index (Phi) is 7.47. The van der Waals surface area contributed by atoms with Crippen LogP contribution in [-0.2, 0) is 17.8 Å². The molecule has 0 aliphatic carbocycles. The number of methoxy groups -OCH3 is 1. The van der Waals surface area contributed by atoms with Gasteiger partial charge in [0, 0.05) is 19.2 Å². The van der Waals surface area contributed by atoms with Crippen LogP contribution in [0.2, 0.25) is 0 Å². The Bertz CT molecular complexity index is 455. The summed E-state index contributed by atoms with van der Waals surface area (Å²) in [4.78, 5) is 12.3. The van der Waals surface area contributed by atoms with Crippen LogP contribution in [0.1, 0.15) is 50.8 Å². The minimum absolute atomic E-state index is 0.0181. The molecule has 0 atom stereocenters. The third-order valence-corrected chi connectivity index (χ3v) is 3.19. The summed E-state index contributed by atoms with van der Waals surface area (Å²) in [7, 11) is 1.63. The number of nitrogens with one attached hydrogen (secondary N) is 1. The van der Waals surface area contributed by atoms with Crippen LogP contribution in [0.3, 0.4) is 0 Å². The van der Waals surface area contributed by atoms with Crippen LogP contribution in [0.5, 0.6) is 0 Å². The van der Waals surface area contributed by atoms with Crippen molar-refractivity contribution < 1.29 is 4.74 Å². The zero-order chi connectivity index (χ0) is 15.0. The minimum atomic E-state index is -0.0181. The molecular formula is C15H27N3O2. The van der Waals surface area contributed by atoms with Gasteiger partial charge in [-0.3, -0.25) is 4.79 Å². The first kappa shape index (κ1) is 16.9. The van der Waals surface area contributed by atoms with Gasteiger partial charge in [0.25, 0.3) is 5.56 Å². The highest BCUT2D eigenvalue weighted by Gasteiger charge is 2.10. The van der Waals surface area contributed by atoms with Gasteiger partial charge in [-0.2, -0.15) is 5.10 Å². The Morgan fingerprint density at radius 3 is 2.80 bits per heavy atom. The van der Waals surface area contributed by atoms with Gasteiger partial charge in [-0.05, 0) is 24.9 Å². The van der Waals surface area contributed by atoms with Crippen LogP contribution in [0, 0.1) is 0 Å². The summed E-state index contributed by atoms with van der Waals surface area (Å²) in [5.41, 5.74) is 1.72. The van der Waals surface area contributed by atoms with Crippen LogP contribution in [0.4, 0.5) is 0 Å². The third kappa shape index (κ3) is 5.06. The van der Waals surface area contributed by atoms with Crippen molar-refractivity contribution in [2.24, 2.45) is 0 Å². The second-order valence-electron chi connectivity index (χ2n) is 5.30. The lowest BCUT2D eigenvalue weighted by Crippen LogP contribution is -2.31. The predicted molar refractivity (Wildman–Crippen MR) is 81.1 cm³/mol. The van der Waals surface area contributed by atoms with Gasteiger partial charge in [-0.1, -0.05) is 27.2 Å². The second-order valence-corrected chi connectivity index (χ2v) is 5.30. The molecule has 114 valence electrons. The van der Waals surface area contributed by atoms with Gasteiger partial charge in [0.1, 0.15) is 0 Å². The molecule has 1 N–H and O–H groups in total. The summed E-state index contributed by atoms with van der Waals surface area (Å²) in [5, 5.41) is 7.73. The van der Waals surface area contributed by atoms with E-state index >= 15 is 0 Å². The Labute approximate surface area is 121 Å². The molecule has 0 unspecified atom stereocenters. The topological polar surface area (TPSA) is 56.1 Å². The van der Waals surface area contributed by atoms with Gasteiger partial charge >= 0.3 is 0 Å². The van der Waals surface area contributed by atoms with E-state index in [0.29, 0.717) is 25.6 Å². The molecule has 0 spiro atoms. The van der Waals surface area contributed by atoms with Gasteiger partial charge in [0.15, 0.2) is 0 Å². The molecule has 1 aromatic heterocycles. The van der Waals surface area contributed by atoms with Crippen LogP contribution in [0.25, 0.3) is 0 Å². The fraction of sp³-hybridized carbons (Fsp3) is 0.733. The average molecular weight is 281 g/mol. The van der Waals surface area contributed by atoms with Gasteiger partial charge in [0.2, 0.25) is 0 Å². The number of ether oxygens (including phenoxy) is 1. The Morgan fingerprint density at radius 2 is 2.20 bits per heavy atom. The highest BCUT2D eigenvalue weighted by molar-refractivity contribution is 5.16. The predicted octanol–water partition coefficient (Wildman–Crippen LogP) is 1.90. The Morgan fingerprint density at radius 1 is 1.45 bits per heavy atom. The molecule has 0 aliphatic heterocycles. The molecule has 0 aromatic carbocycles. The quantitative estimate of drug-likeness (QED) is 0.702. The highest BCUT2D eigenvalue weighted by atomic mass is 16.5. The van der Waals surface area contributed by atoms with E-state index in [1.165, 1.54) is 4.68 Å². The van der Waals surface area contributed by atoms with Crippen LogP contribution in [-0.4, -0.2) is 30.0 Å². The molecule has 0 aliphatic rings. The van der Waals surface area contributed by atoms with Crippen LogP contribution < -0.4 is 10.9 Å². The molecule has 0 radical (unpaired) electrons.